The molecule has 110 valence electrons. The molecule has 0 spiro atoms. The molecule has 1 aromatic carbocycles. The normalized spacial score (nSPS) is 10.3. The molecule has 0 unspecified atom stereocenters. The predicted molar refractivity (Wildman–Crippen MR) is 88.4 cm³/mol. The average Bonchev–Trinajstić information content (AvgIpc) is 2.98. The number of hydrogen-bond donors (Lipinski definition) is 1. The lowest BCUT2D eigenvalue weighted by Gasteiger charge is -2.17. The van der Waals surface area contributed by atoms with Crippen LogP contribution < -0.4 is 10.5 Å². The molecule has 0 aliphatic heterocycles. The summed E-state index contributed by atoms with van der Waals surface area (Å²) in [6.07, 6.45) is 0. The van der Waals surface area contributed by atoms with Crippen molar-refractivity contribution >= 4 is 11.3 Å². The lowest BCUT2D eigenvalue weighted by molar-refractivity contribution is 0.318. The molecule has 1 heterocycles. The smallest absolute Gasteiger partial charge is 0.119 e. The second-order valence-electron chi connectivity index (χ2n) is 4.83. The first kappa shape index (κ1) is 15.6. The molecule has 0 fully saturated rings. The highest BCUT2D eigenvalue weighted by molar-refractivity contribution is 7.07. The molecule has 3 nitrogen and oxygen atoms in total. The maximum atomic E-state index is 5.47. The van der Waals surface area contributed by atoms with Crippen LogP contribution in [0.5, 0.6) is 5.75 Å². The summed E-state index contributed by atoms with van der Waals surface area (Å²) in [7, 11) is 3.79. The monoisotopic (exact) mass is 300 g/mol. The summed E-state index contributed by atoms with van der Waals surface area (Å²) in [4.78, 5) is 2.27. The van der Waals surface area contributed by atoms with E-state index in [0.717, 1.165) is 30.0 Å². The fourth-order valence-corrected chi connectivity index (χ4v) is 2.80. The number of thiophene rings is 1. The Bertz CT molecular complexity index is 626. The van der Waals surface area contributed by atoms with Crippen LogP contribution in [-0.4, -0.2) is 25.6 Å². The molecule has 0 saturated heterocycles. The zero-order chi connectivity index (χ0) is 15.1. The van der Waals surface area contributed by atoms with Crippen molar-refractivity contribution in [3.8, 4) is 17.6 Å². The van der Waals surface area contributed by atoms with Crippen LogP contribution in [0.15, 0.2) is 35.0 Å². The van der Waals surface area contributed by atoms with Crippen molar-refractivity contribution in [2.24, 2.45) is 5.73 Å². The van der Waals surface area contributed by atoms with Crippen LogP contribution in [0.1, 0.15) is 16.7 Å². The number of hydrogen-bond acceptors (Lipinski definition) is 4. The first-order chi connectivity index (χ1) is 10.2. The van der Waals surface area contributed by atoms with Crippen molar-refractivity contribution in [1.29, 1.82) is 0 Å². The molecule has 0 amide bonds. The summed E-state index contributed by atoms with van der Waals surface area (Å²) >= 11 is 1.73. The second kappa shape index (κ2) is 7.84. The van der Waals surface area contributed by atoms with Crippen LogP contribution in [0, 0.1) is 11.8 Å². The highest BCUT2D eigenvalue weighted by Gasteiger charge is 2.07. The number of nitrogens with two attached hydrogens (primary N) is 1. The van der Waals surface area contributed by atoms with Gasteiger partial charge in [0.2, 0.25) is 0 Å². The third-order valence-corrected chi connectivity index (χ3v) is 3.84. The van der Waals surface area contributed by atoms with E-state index in [1.54, 1.807) is 18.4 Å². The molecule has 1 aromatic heterocycles. The standard InChI is InChI=1S/C17H20N2OS/c1-19(11-14-7-9-21-13-14)12-16-10-17(20-2)6-5-15(16)4-3-8-18/h5-7,9-10,13H,8,11-12,18H2,1-2H3. The van der Waals surface area contributed by atoms with Crippen molar-refractivity contribution in [2.75, 3.05) is 20.7 Å². The molecule has 0 aliphatic rings. The minimum Gasteiger partial charge on any atom is -0.497 e. The largest absolute Gasteiger partial charge is 0.497 e. The van der Waals surface area contributed by atoms with Gasteiger partial charge in [0.05, 0.1) is 13.7 Å². The van der Waals surface area contributed by atoms with Crippen LogP contribution in [0.2, 0.25) is 0 Å². The van der Waals surface area contributed by atoms with Crippen molar-refractivity contribution < 1.29 is 4.74 Å². The fraction of sp³-hybridized carbons (Fsp3) is 0.294. The maximum absolute atomic E-state index is 5.47. The van der Waals surface area contributed by atoms with E-state index in [-0.39, 0.29) is 0 Å². The van der Waals surface area contributed by atoms with Gasteiger partial charge < -0.3 is 10.5 Å². The van der Waals surface area contributed by atoms with Crippen molar-refractivity contribution in [3.05, 3.63) is 51.7 Å². The molecule has 0 saturated carbocycles. The van der Waals surface area contributed by atoms with Crippen LogP contribution in [0.3, 0.4) is 0 Å². The summed E-state index contributed by atoms with van der Waals surface area (Å²) < 4.78 is 5.31. The number of ether oxygens (including phenoxy) is 1. The van der Waals surface area contributed by atoms with Gasteiger partial charge in [0.25, 0.3) is 0 Å². The Morgan fingerprint density at radius 2 is 2.14 bits per heavy atom. The summed E-state index contributed by atoms with van der Waals surface area (Å²) in [6.45, 7) is 2.11. The predicted octanol–water partition coefficient (Wildman–Crippen LogP) is 2.70. The van der Waals surface area contributed by atoms with Crippen molar-refractivity contribution in [3.63, 3.8) is 0 Å². The zero-order valence-electron chi connectivity index (χ0n) is 12.4. The number of methoxy groups -OCH3 is 1. The molecule has 2 aromatic rings. The first-order valence-electron chi connectivity index (χ1n) is 6.78. The van der Waals surface area contributed by atoms with E-state index in [0.29, 0.717) is 6.54 Å². The molecule has 0 atom stereocenters. The van der Waals surface area contributed by atoms with E-state index in [2.05, 4.69) is 40.6 Å². The molecular formula is C17H20N2OS. The van der Waals surface area contributed by atoms with Crippen LogP contribution in [0.25, 0.3) is 0 Å². The van der Waals surface area contributed by atoms with E-state index in [9.17, 15) is 0 Å². The summed E-state index contributed by atoms with van der Waals surface area (Å²) in [5, 5.41) is 4.28. The minimum absolute atomic E-state index is 0.371. The summed E-state index contributed by atoms with van der Waals surface area (Å²) in [6, 6.07) is 8.13. The Morgan fingerprint density at radius 3 is 2.81 bits per heavy atom. The molecule has 0 bridgehead atoms. The second-order valence-corrected chi connectivity index (χ2v) is 5.61. The highest BCUT2D eigenvalue weighted by atomic mass is 32.1. The van der Waals surface area contributed by atoms with Gasteiger partial charge in [0.15, 0.2) is 0 Å². The third kappa shape index (κ3) is 4.61. The number of rotatable bonds is 5. The van der Waals surface area contributed by atoms with Gasteiger partial charge in [-0.05, 0) is 53.2 Å². The average molecular weight is 300 g/mol. The fourth-order valence-electron chi connectivity index (χ4n) is 2.14. The van der Waals surface area contributed by atoms with Gasteiger partial charge in [-0.25, -0.2) is 0 Å². The van der Waals surface area contributed by atoms with Crippen LogP contribution in [0.4, 0.5) is 0 Å². The quantitative estimate of drug-likeness (QED) is 0.863. The Kier molecular flexibility index (Phi) is 5.82. The van der Waals surface area contributed by atoms with Gasteiger partial charge in [-0.15, -0.1) is 0 Å². The Morgan fingerprint density at radius 1 is 1.29 bits per heavy atom. The topological polar surface area (TPSA) is 38.5 Å². The molecule has 2 rings (SSSR count). The Hall–Kier alpha value is -1.80. The lowest BCUT2D eigenvalue weighted by atomic mass is 10.1. The highest BCUT2D eigenvalue weighted by Crippen LogP contribution is 2.19. The van der Waals surface area contributed by atoms with Gasteiger partial charge in [0, 0.05) is 18.7 Å². The van der Waals surface area contributed by atoms with E-state index >= 15 is 0 Å². The number of nitrogens with zero attached hydrogens (tertiary/aromatic N) is 1. The van der Waals surface area contributed by atoms with Crippen LogP contribution in [-0.2, 0) is 13.1 Å². The molecule has 0 radical (unpaired) electrons. The summed E-state index contributed by atoms with van der Waals surface area (Å²) in [5.74, 6) is 6.91. The molecule has 21 heavy (non-hydrogen) atoms. The minimum atomic E-state index is 0.371. The third-order valence-electron chi connectivity index (χ3n) is 3.11. The van der Waals surface area contributed by atoms with Crippen molar-refractivity contribution in [1.82, 2.24) is 4.90 Å². The Balaban J connectivity index is 2.15. The lowest BCUT2D eigenvalue weighted by Crippen LogP contribution is -2.17. The van der Waals surface area contributed by atoms with Crippen molar-refractivity contribution in [2.45, 2.75) is 13.1 Å². The van der Waals surface area contributed by atoms with Gasteiger partial charge in [0.1, 0.15) is 5.75 Å². The van der Waals surface area contributed by atoms with E-state index < -0.39 is 0 Å². The van der Waals surface area contributed by atoms with Gasteiger partial charge >= 0.3 is 0 Å². The van der Waals surface area contributed by atoms with Gasteiger partial charge in [-0.3, -0.25) is 4.90 Å². The molecule has 0 aliphatic carbocycles. The molecule has 4 heteroatoms. The van der Waals surface area contributed by atoms with E-state index in [1.165, 1.54) is 5.56 Å². The first-order valence-corrected chi connectivity index (χ1v) is 7.72. The van der Waals surface area contributed by atoms with E-state index in [1.807, 2.05) is 18.2 Å². The van der Waals surface area contributed by atoms with E-state index in [4.69, 9.17) is 10.5 Å². The SMILES string of the molecule is COc1ccc(C#CCN)c(CN(C)Cc2ccsc2)c1. The zero-order valence-corrected chi connectivity index (χ0v) is 13.2. The summed E-state index contributed by atoms with van der Waals surface area (Å²) in [5.41, 5.74) is 8.97. The molecule has 2 N–H and O–H groups in total. The van der Waals surface area contributed by atoms with Gasteiger partial charge in [-0.1, -0.05) is 11.8 Å². The maximum Gasteiger partial charge on any atom is 0.119 e. The number of benzene rings is 1. The van der Waals surface area contributed by atoms with Crippen LogP contribution >= 0.6 is 11.3 Å². The Labute approximate surface area is 130 Å². The molecular weight excluding hydrogens is 280 g/mol. The van der Waals surface area contributed by atoms with Gasteiger partial charge in [-0.2, -0.15) is 11.3 Å².